The number of ether oxygens (including phenoxy) is 3. The van der Waals surface area contributed by atoms with Crippen molar-refractivity contribution in [2.24, 2.45) is 16.7 Å². The van der Waals surface area contributed by atoms with Gasteiger partial charge < -0.3 is 14.2 Å². The number of hydrogen-bond acceptors (Lipinski definition) is 3. The maximum Gasteiger partial charge on any atom is 0.124 e. The first-order valence-electron chi connectivity index (χ1n) is 6.46. The van der Waals surface area contributed by atoms with Crippen LogP contribution in [0.4, 0.5) is 0 Å². The third-order valence-corrected chi connectivity index (χ3v) is 5.80. The van der Waals surface area contributed by atoms with E-state index < -0.39 is 0 Å². The summed E-state index contributed by atoms with van der Waals surface area (Å²) in [6, 6.07) is 0. The molecule has 100 valence electrons. The van der Waals surface area contributed by atoms with Gasteiger partial charge in [-0.3, -0.25) is 0 Å². The molecule has 3 nitrogen and oxygen atoms in total. The Bertz CT molecular complexity index is 311. The minimum absolute atomic E-state index is 0.0356. The van der Waals surface area contributed by atoms with Crippen molar-refractivity contribution in [2.75, 3.05) is 20.8 Å². The Labute approximate surface area is 105 Å². The minimum atomic E-state index is -0.315. The van der Waals surface area contributed by atoms with Gasteiger partial charge in [0.25, 0.3) is 0 Å². The molecule has 0 amide bonds. The molecule has 1 saturated heterocycles. The normalized spacial score (nSPS) is 46.4. The molecule has 1 heterocycles. The molecule has 0 aromatic carbocycles. The Morgan fingerprint density at radius 2 is 1.71 bits per heavy atom. The van der Waals surface area contributed by atoms with E-state index in [1.165, 1.54) is 0 Å². The standard InChI is InChI=1S/C14H26O3/c1-9-10-11(16-7)14(17-9,8-15-6)13(4,5)12(10,2)3/h9-11H,8H2,1-7H3. The van der Waals surface area contributed by atoms with Crippen LogP contribution < -0.4 is 0 Å². The topological polar surface area (TPSA) is 27.7 Å². The van der Waals surface area contributed by atoms with Crippen LogP contribution in [0.25, 0.3) is 0 Å². The quantitative estimate of drug-likeness (QED) is 0.761. The summed E-state index contributed by atoms with van der Waals surface area (Å²) >= 11 is 0. The van der Waals surface area contributed by atoms with Gasteiger partial charge in [0, 0.05) is 25.6 Å². The summed E-state index contributed by atoms with van der Waals surface area (Å²) in [7, 11) is 3.53. The zero-order valence-corrected chi connectivity index (χ0v) is 12.2. The summed E-state index contributed by atoms with van der Waals surface area (Å²) in [5, 5.41) is 0. The molecule has 0 N–H and O–H groups in total. The second kappa shape index (κ2) is 3.69. The highest BCUT2D eigenvalue weighted by atomic mass is 16.6. The maximum atomic E-state index is 6.29. The van der Waals surface area contributed by atoms with Crippen molar-refractivity contribution in [3.8, 4) is 0 Å². The molecule has 1 saturated carbocycles. The zero-order chi connectivity index (χ0) is 13.1. The predicted molar refractivity (Wildman–Crippen MR) is 67.0 cm³/mol. The Hall–Kier alpha value is -0.120. The summed E-state index contributed by atoms with van der Waals surface area (Å²) in [5.74, 6) is 0.428. The van der Waals surface area contributed by atoms with Crippen molar-refractivity contribution in [1.29, 1.82) is 0 Å². The Morgan fingerprint density at radius 3 is 2.18 bits per heavy atom. The summed E-state index contributed by atoms with van der Waals surface area (Å²) < 4.78 is 17.5. The molecule has 1 aliphatic carbocycles. The fourth-order valence-corrected chi connectivity index (χ4v) is 4.29. The number of hydrogen-bond donors (Lipinski definition) is 0. The number of rotatable bonds is 3. The lowest BCUT2D eigenvalue weighted by Crippen LogP contribution is -2.57. The molecule has 2 rings (SSSR count). The second-order valence-electron chi connectivity index (χ2n) is 6.67. The van der Waals surface area contributed by atoms with E-state index in [-0.39, 0.29) is 28.6 Å². The monoisotopic (exact) mass is 242 g/mol. The molecule has 0 spiro atoms. The van der Waals surface area contributed by atoms with Gasteiger partial charge in [-0.2, -0.15) is 0 Å². The largest absolute Gasteiger partial charge is 0.382 e. The molecule has 4 atom stereocenters. The van der Waals surface area contributed by atoms with Gasteiger partial charge in [0.05, 0.1) is 18.8 Å². The lowest BCUT2D eigenvalue weighted by Gasteiger charge is -2.52. The van der Waals surface area contributed by atoms with Crippen molar-refractivity contribution in [3.63, 3.8) is 0 Å². The van der Waals surface area contributed by atoms with Crippen LogP contribution in [0.2, 0.25) is 0 Å². The van der Waals surface area contributed by atoms with Crippen molar-refractivity contribution in [1.82, 2.24) is 0 Å². The van der Waals surface area contributed by atoms with Gasteiger partial charge >= 0.3 is 0 Å². The van der Waals surface area contributed by atoms with Crippen LogP contribution in [0.1, 0.15) is 34.6 Å². The van der Waals surface area contributed by atoms with E-state index in [4.69, 9.17) is 14.2 Å². The van der Waals surface area contributed by atoms with Gasteiger partial charge in [-0.15, -0.1) is 0 Å². The highest BCUT2D eigenvalue weighted by Crippen LogP contribution is 2.68. The van der Waals surface area contributed by atoms with Crippen LogP contribution in [0.15, 0.2) is 0 Å². The summed E-state index contributed by atoms with van der Waals surface area (Å²) in [5.41, 5.74) is -0.0954. The molecule has 2 fully saturated rings. The fourth-order valence-electron chi connectivity index (χ4n) is 4.29. The van der Waals surface area contributed by atoms with Crippen LogP contribution in [-0.2, 0) is 14.2 Å². The van der Waals surface area contributed by atoms with Gasteiger partial charge in [0.2, 0.25) is 0 Å². The first-order chi connectivity index (χ1) is 7.76. The lowest BCUT2D eigenvalue weighted by molar-refractivity contribution is -0.214. The molecule has 3 heteroatoms. The Balaban J connectivity index is 2.52. The van der Waals surface area contributed by atoms with E-state index in [1.54, 1.807) is 14.2 Å². The van der Waals surface area contributed by atoms with Crippen LogP contribution in [0, 0.1) is 16.7 Å². The SMILES string of the molecule is COCC12OC(C)C(C1OC)C(C)(C)C2(C)C. The highest BCUT2D eigenvalue weighted by molar-refractivity contribution is 5.23. The van der Waals surface area contributed by atoms with Crippen molar-refractivity contribution < 1.29 is 14.2 Å². The molecule has 17 heavy (non-hydrogen) atoms. The third-order valence-electron chi connectivity index (χ3n) is 5.80. The summed E-state index contributed by atoms with van der Waals surface area (Å²) in [4.78, 5) is 0. The molecule has 4 unspecified atom stereocenters. The second-order valence-corrected chi connectivity index (χ2v) is 6.67. The van der Waals surface area contributed by atoms with Crippen molar-refractivity contribution >= 4 is 0 Å². The number of fused-ring (bicyclic) bond motifs is 2. The van der Waals surface area contributed by atoms with Gasteiger partial charge in [-0.1, -0.05) is 27.7 Å². The maximum absolute atomic E-state index is 6.29. The first-order valence-corrected chi connectivity index (χ1v) is 6.46. The van der Waals surface area contributed by atoms with E-state index in [0.29, 0.717) is 12.5 Å². The zero-order valence-electron chi connectivity index (χ0n) is 12.2. The smallest absolute Gasteiger partial charge is 0.124 e. The average Bonchev–Trinajstić information content (AvgIpc) is 2.56. The molecule has 2 bridgehead atoms. The number of methoxy groups -OCH3 is 2. The van der Waals surface area contributed by atoms with Gasteiger partial charge in [-0.05, 0) is 12.3 Å². The lowest BCUT2D eigenvalue weighted by atomic mass is 9.61. The van der Waals surface area contributed by atoms with Crippen LogP contribution in [0.3, 0.4) is 0 Å². The third kappa shape index (κ3) is 1.28. The summed E-state index contributed by atoms with van der Waals surface area (Å²) in [6.07, 6.45) is 0.362. The van der Waals surface area contributed by atoms with Gasteiger partial charge in [-0.25, -0.2) is 0 Å². The molecule has 0 radical (unpaired) electrons. The minimum Gasteiger partial charge on any atom is -0.382 e. The molecule has 2 aliphatic rings. The predicted octanol–water partition coefficient (Wildman–Crippen LogP) is 2.49. The summed E-state index contributed by atoms with van der Waals surface area (Å²) in [6.45, 7) is 12.0. The average molecular weight is 242 g/mol. The van der Waals surface area contributed by atoms with E-state index >= 15 is 0 Å². The van der Waals surface area contributed by atoms with E-state index in [2.05, 4.69) is 34.6 Å². The molecular weight excluding hydrogens is 216 g/mol. The van der Waals surface area contributed by atoms with E-state index in [9.17, 15) is 0 Å². The highest BCUT2D eigenvalue weighted by Gasteiger charge is 2.75. The molecule has 1 aliphatic heterocycles. The first kappa shape index (κ1) is 13.3. The van der Waals surface area contributed by atoms with E-state index in [0.717, 1.165) is 0 Å². The van der Waals surface area contributed by atoms with Crippen molar-refractivity contribution in [3.05, 3.63) is 0 Å². The van der Waals surface area contributed by atoms with Gasteiger partial charge in [0.15, 0.2) is 0 Å². The van der Waals surface area contributed by atoms with Crippen LogP contribution >= 0.6 is 0 Å². The van der Waals surface area contributed by atoms with Crippen LogP contribution in [-0.4, -0.2) is 38.6 Å². The Kier molecular flexibility index (Phi) is 2.89. The van der Waals surface area contributed by atoms with Crippen LogP contribution in [0.5, 0.6) is 0 Å². The Morgan fingerprint density at radius 1 is 1.12 bits per heavy atom. The fraction of sp³-hybridized carbons (Fsp3) is 1.00. The molecule has 0 aromatic rings. The van der Waals surface area contributed by atoms with E-state index in [1.807, 2.05) is 0 Å². The van der Waals surface area contributed by atoms with Crippen molar-refractivity contribution in [2.45, 2.75) is 52.4 Å². The molecule has 0 aromatic heterocycles. The molecular formula is C14H26O3. The van der Waals surface area contributed by atoms with Gasteiger partial charge in [0.1, 0.15) is 5.60 Å².